The van der Waals surface area contributed by atoms with Crippen molar-refractivity contribution in [1.82, 2.24) is 0 Å². The molecular formula is C23H26. The monoisotopic (exact) mass is 302 g/mol. The molecule has 0 aliphatic carbocycles. The first kappa shape index (κ1) is 17.0. The van der Waals surface area contributed by atoms with Crippen LogP contribution >= 0.6 is 0 Å². The SMILES string of the molecule is C=C/C=c1\c(C(=C)C)c(/C=C\C)c(C)c2/c(=C\CC)cccc12. The molecule has 0 heteroatoms. The highest BCUT2D eigenvalue weighted by atomic mass is 14.2. The second-order valence-corrected chi connectivity index (χ2v) is 5.89. The minimum Gasteiger partial charge on any atom is -0.0990 e. The maximum Gasteiger partial charge on any atom is -0.00729 e. The number of hydrogen-bond acceptors (Lipinski definition) is 0. The quantitative estimate of drug-likeness (QED) is 0.712. The van der Waals surface area contributed by atoms with E-state index in [1.165, 1.54) is 37.9 Å². The largest absolute Gasteiger partial charge is 0.0990 e. The van der Waals surface area contributed by atoms with Gasteiger partial charge in [-0.15, -0.1) is 0 Å². The molecule has 23 heavy (non-hydrogen) atoms. The molecule has 2 aromatic rings. The van der Waals surface area contributed by atoms with E-state index >= 15 is 0 Å². The van der Waals surface area contributed by atoms with Crippen LogP contribution in [0.2, 0.25) is 0 Å². The van der Waals surface area contributed by atoms with Gasteiger partial charge in [0, 0.05) is 0 Å². The van der Waals surface area contributed by atoms with Crippen LogP contribution in [0.4, 0.5) is 0 Å². The van der Waals surface area contributed by atoms with Crippen LogP contribution in [0.25, 0.3) is 34.6 Å². The lowest BCUT2D eigenvalue weighted by molar-refractivity contribution is 1.29. The summed E-state index contributed by atoms with van der Waals surface area (Å²) < 4.78 is 0. The van der Waals surface area contributed by atoms with Crippen molar-refractivity contribution in [3.63, 3.8) is 0 Å². The van der Waals surface area contributed by atoms with E-state index in [2.05, 4.69) is 83.4 Å². The zero-order chi connectivity index (χ0) is 17.0. The molecule has 0 saturated carbocycles. The third-order valence-corrected chi connectivity index (χ3v) is 4.17. The molecule has 0 aromatic heterocycles. The van der Waals surface area contributed by atoms with Crippen LogP contribution in [0.3, 0.4) is 0 Å². The van der Waals surface area contributed by atoms with Gasteiger partial charge in [-0.2, -0.15) is 0 Å². The fourth-order valence-electron chi connectivity index (χ4n) is 3.33. The number of benzene rings is 2. The summed E-state index contributed by atoms with van der Waals surface area (Å²) in [5, 5.41) is 5.13. The molecule has 0 saturated heterocycles. The molecule has 118 valence electrons. The first-order valence-corrected chi connectivity index (χ1v) is 8.23. The normalized spacial score (nSPS) is 13.2. The molecule has 0 amide bonds. The molecule has 0 aliphatic rings. The van der Waals surface area contributed by atoms with Gasteiger partial charge < -0.3 is 0 Å². The van der Waals surface area contributed by atoms with Gasteiger partial charge >= 0.3 is 0 Å². The molecule has 2 aromatic carbocycles. The number of aryl methyl sites for hydroxylation is 1. The molecule has 0 bridgehead atoms. The van der Waals surface area contributed by atoms with Gasteiger partial charge in [0.15, 0.2) is 0 Å². The molecule has 0 atom stereocenters. The van der Waals surface area contributed by atoms with Gasteiger partial charge in [-0.25, -0.2) is 0 Å². The predicted molar refractivity (Wildman–Crippen MR) is 107 cm³/mol. The maximum atomic E-state index is 4.22. The van der Waals surface area contributed by atoms with Crippen LogP contribution in [0.15, 0.2) is 43.5 Å². The Labute approximate surface area is 139 Å². The van der Waals surface area contributed by atoms with E-state index in [9.17, 15) is 0 Å². The van der Waals surface area contributed by atoms with Crippen LogP contribution in [0.5, 0.6) is 0 Å². The Balaban J connectivity index is 3.26. The van der Waals surface area contributed by atoms with E-state index < -0.39 is 0 Å². The topological polar surface area (TPSA) is 0 Å². The van der Waals surface area contributed by atoms with Gasteiger partial charge in [-0.05, 0) is 70.7 Å². The summed E-state index contributed by atoms with van der Waals surface area (Å²) >= 11 is 0. The van der Waals surface area contributed by atoms with Gasteiger partial charge in [-0.1, -0.05) is 68.7 Å². The van der Waals surface area contributed by atoms with Crippen molar-refractivity contribution in [1.29, 1.82) is 0 Å². The molecule has 0 spiro atoms. The second-order valence-electron chi connectivity index (χ2n) is 5.89. The highest BCUT2D eigenvalue weighted by molar-refractivity contribution is 5.95. The zero-order valence-corrected chi connectivity index (χ0v) is 14.7. The van der Waals surface area contributed by atoms with E-state index in [-0.39, 0.29) is 0 Å². The number of fused-ring (bicyclic) bond motifs is 1. The molecule has 2 rings (SSSR count). The zero-order valence-electron chi connectivity index (χ0n) is 14.7. The van der Waals surface area contributed by atoms with Crippen molar-refractivity contribution in [2.75, 3.05) is 0 Å². The summed E-state index contributed by atoms with van der Waals surface area (Å²) in [6.07, 6.45) is 11.6. The van der Waals surface area contributed by atoms with Crippen LogP contribution in [0.1, 0.15) is 43.9 Å². The van der Waals surface area contributed by atoms with Crippen molar-refractivity contribution in [2.45, 2.75) is 34.1 Å². The summed E-state index contributed by atoms with van der Waals surface area (Å²) in [6.45, 7) is 16.7. The van der Waals surface area contributed by atoms with Crippen LogP contribution in [-0.4, -0.2) is 0 Å². The van der Waals surface area contributed by atoms with Gasteiger partial charge in [0.05, 0.1) is 0 Å². The van der Waals surface area contributed by atoms with Crippen molar-refractivity contribution in [2.24, 2.45) is 0 Å². The third-order valence-electron chi connectivity index (χ3n) is 4.17. The van der Waals surface area contributed by atoms with E-state index in [1.807, 2.05) is 6.08 Å². The Morgan fingerprint density at radius 3 is 2.57 bits per heavy atom. The Kier molecular flexibility index (Phi) is 5.39. The molecule has 0 unspecified atom stereocenters. The van der Waals surface area contributed by atoms with Crippen LogP contribution < -0.4 is 10.4 Å². The Bertz CT molecular complexity index is 905. The lowest BCUT2D eigenvalue weighted by Crippen LogP contribution is -2.17. The molecule has 0 fully saturated rings. The van der Waals surface area contributed by atoms with Gasteiger partial charge in [-0.3, -0.25) is 0 Å². The average Bonchev–Trinajstić information content (AvgIpc) is 2.52. The maximum absolute atomic E-state index is 4.22. The summed E-state index contributed by atoms with van der Waals surface area (Å²) in [6, 6.07) is 6.55. The van der Waals surface area contributed by atoms with E-state index in [1.54, 1.807) is 0 Å². The molecule has 0 radical (unpaired) electrons. The lowest BCUT2D eigenvalue weighted by atomic mass is 9.88. The van der Waals surface area contributed by atoms with Gasteiger partial charge in [0.25, 0.3) is 0 Å². The van der Waals surface area contributed by atoms with Gasteiger partial charge in [0.1, 0.15) is 0 Å². The minimum atomic E-state index is 1.03. The smallest absolute Gasteiger partial charge is 0.00729 e. The first-order chi connectivity index (χ1) is 11.1. The Morgan fingerprint density at radius 2 is 2.00 bits per heavy atom. The minimum absolute atomic E-state index is 1.03. The summed E-state index contributed by atoms with van der Waals surface area (Å²) in [7, 11) is 0. The van der Waals surface area contributed by atoms with E-state index in [0.29, 0.717) is 0 Å². The van der Waals surface area contributed by atoms with Crippen molar-refractivity contribution in [3.8, 4) is 0 Å². The van der Waals surface area contributed by atoms with E-state index in [0.717, 1.165) is 12.0 Å². The Morgan fingerprint density at radius 1 is 1.26 bits per heavy atom. The van der Waals surface area contributed by atoms with Crippen molar-refractivity contribution >= 4 is 34.6 Å². The molecule has 0 nitrogen and oxygen atoms in total. The number of allylic oxidation sites excluding steroid dienone is 3. The van der Waals surface area contributed by atoms with Crippen molar-refractivity contribution in [3.05, 3.63) is 70.6 Å². The number of hydrogen-bond donors (Lipinski definition) is 0. The molecule has 0 N–H and O–H groups in total. The average molecular weight is 302 g/mol. The van der Waals surface area contributed by atoms with Gasteiger partial charge in [0.2, 0.25) is 0 Å². The third kappa shape index (κ3) is 3.07. The van der Waals surface area contributed by atoms with Crippen LogP contribution in [0, 0.1) is 6.92 Å². The van der Waals surface area contributed by atoms with Crippen molar-refractivity contribution < 1.29 is 0 Å². The fourth-order valence-corrected chi connectivity index (χ4v) is 3.33. The highest BCUT2D eigenvalue weighted by Gasteiger charge is 2.12. The highest BCUT2D eigenvalue weighted by Crippen LogP contribution is 2.25. The predicted octanol–water partition coefficient (Wildman–Crippen LogP) is 5.37. The fraction of sp³-hybridized carbons (Fsp3) is 0.217. The second kappa shape index (κ2) is 7.28. The summed E-state index contributed by atoms with van der Waals surface area (Å²) in [4.78, 5) is 0. The molecule has 0 heterocycles. The van der Waals surface area contributed by atoms with Crippen LogP contribution in [-0.2, 0) is 0 Å². The Hall–Kier alpha value is -2.34. The summed E-state index contributed by atoms with van der Waals surface area (Å²) in [5.41, 5.74) is 4.89. The standard InChI is InChI=1S/C23H26/c1-7-11-18-14-10-15-21-20(13-9-3)22(16(4)5)19(12-8-2)17(6)23(18)21/h8-15H,3-4,7H2,1-2,5-6H3/b12-8-,18-11-,20-13-. The summed E-state index contributed by atoms with van der Waals surface area (Å²) in [5.74, 6) is 0. The lowest BCUT2D eigenvalue weighted by Gasteiger charge is -2.16. The first-order valence-electron chi connectivity index (χ1n) is 8.23. The van der Waals surface area contributed by atoms with E-state index in [4.69, 9.17) is 0 Å². The molecular weight excluding hydrogens is 276 g/mol. The molecule has 0 aliphatic heterocycles. The number of rotatable bonds is 4.